The summed E-state index contributed by atoms with van der Waals surface area (Å²) >= 11 is 0. The largest absolute Gasteiger partial charge is 0.257 e. The van der Waals surface area contributed by atoms with Gasteiger partial charge in [-0.3, -0.25) is 0 Å². The lowest BCUT2D eigenvalue weighted by Crippen LogP contribution is -2.18. The summed E-state index contributed by atoms with van der Waals surface area (Å²) in [6.07, 6.45) is 8.08. The molecule has 0 bridgehead atoms. The number of nitrogens with zero attached hydrogens (tertiary/aromatic N) is 4. The molecule has 2 atom stereocenters. The van der Waals surface area contributed by atoms with E-state index < -0.39 is 20.0 Å². The quantitative estimate of drug-likeness (QED) is 0.312. The lowest BCUT2D eigenvalue weighted by atomic mass is 9.88. The molecule has 4 aromatic rings. The second-order valence-electron chi connectivity index (χ2n) is 10.5. The fraction of sp³-hybridized carbons (Fsp3) is 0.462. The minimum Gasteiger partial charge on any atom is -0.204 e. The molecule has 6 rings (SSSR count). The van der Waals surface area contributed by atoms with Crippen molar-refractivity contribution in [2.45, 2.75) is 74.7 Å². The molecule has 2 heterocycles. The third-order valence-electron chi connectivity index (χ3n) is 7.63. The van der Waals surface area contributed by atoms with Crippen LogP contribution in [0.2, 0.25) is 0 Å². The van der Waals surface area contributed by atoms with Crippen LogP contribution in [-0.2, 0) is 20.0 Å². The van der Waals surface area contributed by atoms with Gasteiger partial charge in [0.2, 0.25) is 0 Å². The lowest BCUT2D eigenvalue weighted by Gasteiger charge is -2.17. The molecule has 0 N–H and O–H groups in total. The van der Waals surface area contributed by atoms with Crippen molar-refractivity contribution >= 4 is 41.9 Å². The predicted molar refractivity (Wildman–Crippen MR) is 140 cm³/mol. The fourth-order valence-electron chi connectivity index (χ4n) is 4.85. The third kappa shape index (κ3) is 4.14. The summed E-state index contributed by atoms with van der Waals surface area (Å²) in [5.41, 5.74) is 3.67. The first-order valence-electron chi connectivity index (χ1n) is 12.6. The summed E-state index contributed by atoms with van der Waals surface area (Å²) < 4.78 is 52.7. The minimum atomic E-state index is -3.39. The minimum absolute atomic E-state index is 0.289. The molecule has 36 heavy (non-hydrogen) atoms. The number of aromatic nitrogens is 4. The first kappa shape index (κ1) is 23.7. The molecule has 10 heteroatoms. The van der Waals surface area contributed by atoms with Crippen molar-refractivity contribution in [3.63, 3.8) is 0 Å². The maximum atomic E-state index is 12.6. The molecular weight excluding hydrogens is 496 g/mol. The maximum Gasteiger partial charge on any atom is 0.257 e. The molecule has 2 aromatic heterocycles. The van der Waals surface area contributed by atoms with Crippen LogP contribution in [0.1, 0.15) is 75.3 Å². The highest BCUT2D eigenvalue weighted by Gasteiger charge is 2.39. The van der Waals surface area contributed by atoms with Gasteiger partial charge in [-0.25, -0.2) is 16.8 Å². The zero-order chi connectivity index (χ0) is 25.2. The van der Waals surface area contributed by atoms with E-state index in [4.69, 9.17) is 0 Å². The molecule has 0 saturated heterocycles. The number of fused-ring (bicyclic) bond motifs is 2. The summed E-state index contributed by atoms with van der Waals surface area (Å²) in [5.74, 6) is 0.603. The van der Waals surface area contributed by atoms with Gasteiger partial charge in [0.1, 0.15) is 0 Å². The zero-order valence-electron chi connectivity index (χ0n) is 20.4. The second-order valence-corrected chi connectivity index (χ2v) is 14.6. The molecule has 0 radical (unpaired) electrons. The van der Waals surface area contributed by atoms with Crippen molar-refractivity contribution in [3.05, 3.63) is 59.9 Å². The van der Waals surface area contributed by atoms with Crippen LogP contribution in [0.25, 0.3) is 21.8 Å². The number of hydrogen-bond donors (Lipinski definition) is 0. The zero-order valence-corrected chi connectivity index (χ0v) is 22.0. The Kier molecular flexibility index (Phi) is 5.53. The SMILES string of the molecule is CC(CCC(C)c1ccc2c(cnn2S(=O)(=O)C2CC2)c1)c1ccc2nn(S(=O)(=O)C3CC3)cc2c1. The standard InChI is InChI=1S/C26H30N4O4S2/c1-17(19-5-11-25-22(14-19)16-29(28-25)35(31,32)23-7-8-23)3-4-18(2)20-6-12-26-21(13-20)15-27-30(26)36(33,34)24-9-10-24/h5-6,11-18,23-24H,3-4,7-10H2,1-2H3. The first-order chi connectivity index (χ1) is 17.1. The first-order valence-corrected chi connectivity index (χ1v) is 15.6. The maximum absolute atomic E-state index is 12.6. The smallest absolute Gasteiger partial charge is 0.204 e. The van der Waals surface area contributed by atoms with Gasteiger partial charge in [0.05, 0.1) is 33.9 Å². The highest BCUT2D eigenvalue weighted by Crippen LogP contribution is 2.34. The van der Waals surface area contributed by atoms with Crippen molar-refractivity contribution < 1.29 is 16.8 Å². The summed E-state index contributed by atoms with van der Waals surface area (Å²) in [7, 11) is -6.76. The van der Waals surface area contributed by atoms with E-state index in [2.05, 4.69) is 36.2 Å². The number of hydrogen-bond acceptors (Lipinski definition) is 6. The second kappa shape index (κ2) is 8.41. The van der Waals surface area contributed by atoms with Crippen molar-refractivity contribution in [3.8, 4) is 0 Å². The van der Waals surface area contributed by atoms with Gasteiger partial charge in [-0.2, -0.15) is 18.4 Å². The normalized spacial score (nSPS) is 18.6. The average molecular weight is 527 g/mol. The Morgan fingerprint density at radius 2 is 1.42 bits per heavy atom. The van der Waals surface area contributed by atoms with Gasteiger partial charge in [-0.15, -0.1) is 0 Å². The topological polar surface area (TPSA) is 104 Å². The molecule has 0 aliphatic heterocycles. The van der Waals surface area contributed by atoms with Crippen LogP contribution in [0.3, 0.4) is 0 Å². The Labute approximate surface area is 211 Å². The summed E-state index contributed by atoms with van der Waals surface area (Å²) in [4.78, 5) is 0. The third-order valence-corrected chi connectivity index (χ3v) is 11.7. The molecule has 2 fully saturated rings. The van der Waals surface area contributed by atoms with Crippen LogP contribution in [0, 0.1) is 0 Å². The molecule has 8 nitrogen and oxygen atoms in total. The summed E-state index contributed by atoms with van der Waals surface area (Å²) in [6, 6.07) is 11.9. The van der Waals surface area contributed by atoms with Gasteiger partial charge in [0, 0.05) is 10.8 Å². The Morgan fingerprint density at radius 1 is 0.833 bits per heavy atom. The molecular formula is C26H30N4O4S2. The molecule has 0 amide bonds. The van der Waals surface area contributed by atoms with Crippen molar-refractivity contribution in [2.24, 2.45) is 0 Å². The van der Waals surface area contributed by atoms with Crippen LogP contribution in [0.5, 0.6) is 0 Å². The molecule has 190 valence electrons. The van der Waals surface area contributed by atoms with Gasteiger partial charge < -0.3 is 0 Å². The Bertz CT molecular complexity index is 1660. The molecule has 2 aromatic carbocycles. The van der Waals surface area contributed by atoms with E-state index in [1.165, 1.54) is 15.2 Å². The molecule has 2 aliphatic rings. The van der Waals surface area contributed by atoms with E-state index in [0.717, 1.165) is 27.7 Å². The summed E-state index contributed by atoms with van der Waals surface area (Å²) in [6.45, 7) is 4.38. The van der Waals surface area contributed by atoms with E-state index >= 15 is 0 Å². The van der Waals surface area contributed by atoms with Crippen LogP contribution >= 0.6 is 0 Å². The van der Waals surface area contributed by atoms with Gasteiger partial charge in [0.15, 0.2) is 0 Å². The van der Waals surface area contributed by atoms with E-state index in [0.29, 0.717) is 48.6 Å². The van der Waals surface area contributed by atoms with E-state index in [-0.39, 0.29) is 10.5 Å². The predicted octanol–water partition coefficient (Wildman–Crippen LogP) is 4.75. The van der Waals surface area contributed by atoms with Crippen molar-refractivity contribution in [1.29, 1.82) is 0 Å². The monoisotopic (exact) mass is 526 g/mol. The van der Waals surface area contributed by atoms with Gasteiger partial charge in [-0.05, 0) is 85.8 Å². The number of rotatable bonds is 9. The van der Waals surface area contributed by atoms with Crippen LogP contribution in [0.4, 0.5) is 0 Å². The van der Waals surface area contributed by atoms with Gasteiger partial charge in [0.25, 0.3) is 20.0 Å². The Hall–Kier alpha value is -2.72. The molecule has 2 unspecified atom stereocenters. The van der Waals surface area contributed by atoms with E-state index in [1.807, 2.05) is 24.3 Å². The van der Waals surface area contributed by atoms with Crippen molar-refractivity contribution in [1.82, 2.24) is 18.4 Å². The van der Waals surface area contributed by atoms with Gasteiger partial charge in [-0.1, -0.05) is 26.0 Å². The van der Waals surface area contributed by atoms with E-state index in [1.54, 1.807) is 12.4 Å². The fourth-order valence-corrected chi connectivity index (χ4v) is 7.99. The number of benzene rings is 2. The van der Waals surface area contributed by atoms with Crippen molar-refractivity contribution in [2.75, 3.05) is 0 Å². The highest BCUT2D eigenvalue weighted by molar-refractivity contribution is 7.91. The Morgan fingerprint density at radius 3 is 2.06 bits per heavy atom. The Balaban J connectivity index is 1.15. The lowest BCUT2D eigenvalue weighted by molar-refractivity contribution is 0.574. The van der Waals surface area contributed by atoms with Crippen LogP contribution in [0.15, 0.2) is 48.8 Å². The highest BCUT2D eigenvalue weighted by atomic mass is 32.2. The van der Waals surface area contributed by atoms with E-state index in [9.17, 15) is 16.8 Å². The van der Waals surface area contributed by atoms with Gasteiger partial charge >= 0.3 is 0 Å². The molecule has 2 saturated carbocycles. The van der Waals surface area contributed by atoms with Crippen LogP contribution in [-0.4, -0.2) is 45.7 Å². The summed E-state index contributed by atoms with van der Waals surface area (Å²) in [5, 5.41) is 9.59. The van der Waals surface area contributed by atoms with Crippen LogP contribution < -0.4 is 0 Å². The molecule has 0 spiro atoms. The average Bonchev–Trinajstić information content (AvgIpc) is 3.79. The molecule has 2 aliphatic carbocycles.